The Kier molecular flexibility index (Phi) is 3.72. The average molecular weight is 261 g/mol. The van der Waals surface area contributed by atoms with E-state index in [2.05, 4.69) is 15.0 Å². The lowest BCUT2D eigenvalue weighted by Gasteiger charge is -2.09. The van der Waals surface area contributed by atoms with Gasteiger partial charge in [0.1, 0.15) is 10.5 Å². The van der Waals surface area contributed by atoms with Crippen molar-refractivity contribution in [1.29, 1.82) is 0 Å². The third-order valence-electron chi connectivity index (χ3n) is 2.77. The molecule has 0 saturated heterocycles. The largest absolute Gasteiger partial charge is 0.481 e. The van der Waals surface area contributed by atoms with E-state index in [-0.39, 0.29) is 0 Å². The van der Waals surface area contributed by atoms with Gasteiger partial charge in [-0.2, -0.15) is 0 Å². The van der Waals surface area contributed by atoms with Crippen LogP contribution in [0.5, 0.6) is 5.88 Å². The summed E-state index contributed by atoms with van der Waals surface area (Å²) in [6.07, 6.45) is 2.59. The molecule has 0 amide bonds. The maximum absolute atomic E-state index is 5.27. The second-order valence-electron chi connectivity index (χ2n) is 3.93. The number of pyridine rings is 1. The van der Waals surface area contributed by atoms with Gasteiger partial charge in [-0.05, 0) is 13.0 Å². The smallest absolute Gasteiger partial charge is 0.212 e. The Bertz CT molecular complexity index is 605. The van der Waals surface area contributed by atoms with Crippen molar-refractivity contribution in [2.45, 2.75) is 20.3 Å². The number of aromatic amines is 1. The van der Waals surface area contributed by atoms with Crippen LogP contribution in [-0.2, 0) is 6.42 Å². The van der Waals surface area contributed by atoms with Crippen molar-refractivity contribution < 1.29 is 4.74 Å². The van der Waals surface area contributed by atoms with E-state index < -0.39 is 0 Å². The molecule has 0 aromatic carbocycles. The highest BCUT2D eigenvalue weighted by Gasteiger charge is 2.07. The standard InChI is InChI=1S/C13H15N3OS/c1-4-10-15-12(8(2)13(18)16-10)9-5-6-11(17-3)14-7-9/h5-7H,4H2,1-3H3,(H,15,16,18). The topological polar surface area (TPSA) is 50.8 Å². The van der Waals surface area contributed by atoms with Crippen LogP contribution in [-0.4, -0.2) is 22.1 Å². The summed E-state index contributed by atoms with van der Waals surface area (Å²) < 4.78 is 5.69. The molecule has 0 bridgehead atoms. The van der Waals surface area contributed by atoms with Gasteiger partial charge in [-0.25, -0.2) is 9.97 Å². The summed E-state index contributed by atoms with van der Waals surface area (Å²) >= 11 is 5.27. The molecule has 4 nitrogen and oxygen atoms in total. The van der Waals surface area contributed by atoms with Gasteiger partial charge in [0.25, 0.3) is 0 Å². The number of nitrogens with zero attached hydrogens (tertiary/aromatic N) is 2. The summed E-state index contributed by atoms with van der Waals surface area (Å²) in [4.78, 5) is 11.8. The van der Waals surface area contributed by atoms with Crippen molar-refractivity contribution in [3.8, 4) is 17.1 Å². The molecule has 0 aliphatic heterocycles. The molecule has 2 aromatic rings. The summed E-state index contributed by atoms with van der Waals surface area (Å²) in [6.45, 7) is 4.00. The summed E-state index contributed by atoms with van der Waals surface area (Å²) in [7, 11) is 1.60. The van der Waals surface area contributed by atoms with Gasteiger partial charge in [0.05, 0.1) is 12.8 Å². The van der Waals surface area contributed by atoms with Crippen LogP contribution in [0, 0.1) is 11.6 Å². The van der Waals surface area contributed by atoms with Gasteiger partial charge >= 0.3 is 0 Å². The quantitative estimate of drug-likeness (QED) is 0.863. The first-order valence-corrected chi connectivity index (χ1v) is 6.16. The van der Waals surface area contributed by atoms with E-state index in [1.165, 1.54) is 0 Å². The molecule has 94 valence electrons. The van der Waals surface area contributed by atoms with Crippen LogP contribution in [0.1, 0.15) is 18.3 Å². The van der Waals surface area contributed by atoms with E-state index >= 15 is 0 Å². The number of H-pyrrole nitrogens is 1. The number of aromatic nitrogens is 3. The van der Waals surface area contributed by atoms with Crippen molar-refractivity contribution in [3.63, 3.8) is 0 Å². The number of rotatable bonds is 3. The Morgan fingerprint density at radius 3 is 2.72 bits per heavy atom. The molecule has 2 rings (SSSR count). The first kappa shape index (κ1) is 12.7. The van der Waals surface area contributed by atoms with Crippen LogP contribution in [0.3, 0.4) is 0 Å². The van der Waals surface area contributed by atoms with E-state index in [1.54, 1.807) is 13.3 Å². The molecule has 2 aromatic heterocycles. The fraction of sp³-hybridized carbons (Fsp3) is 0.308. The third-order valence-corrected chi connectivity index (χ3v) is 3.17. The fourth-order valence-corrected chi connectivity index (χ4v) is 1.90. The van der Waals surface area contributed by atoms with Crippen LogP contribution in [0.25, 0.3) is 11.3 Å². The lowest BCUT2D eigenvalue weighted by atomic mass is 10.1. The summed E-state index contributed by atoms with van der Waals surface area (Å²) in [6, 6.07) is 3.79. The molecule has 0 saturated carbocycles. The molecule has 0 aliphatic rings. The van der Waals surface area contributed by atoms with Gasteiger partial charge in [-0.3, -0.25) is 0 Å². The van der Waals surface area contributed by atoms with E-state index in [0.717, 1.165) is 29.1 Å². The molecular formula is C13H15N3OS. The first-order valence-electron chi connectivity index (χ1n) is 5.76. The zero-order valence-electron chi connectivity index (χ0n) is 10.7. The van der Waals surface area contributed by atoms with Crippen LogP contribution in [0.4, 0.5) is 0 Å². The summed E-state index contributed by atoms with van der Waals surface area (Å²) in [5, 5.41) is 0. The van der Waals surface area contributed by atoms with Crippen LogP contribution < -0.4 is 4.74 Å². The Labute approximate surface area is 111 Å². The molecule has 0 fully saturated rings. The van der Waals surface area contributed by atoms with Gasteiger partial charge in [-0.1, -0.05) is 19.1 Å². The van der Waals surface area contributed by atoms with Crippen molar-refractivity contribution in [2.24, 2.45) is 0 Å². The number of aryl methyl sites for hydroxylation is 1. The Morgan fingerprint density at radius 1 is 1.39 bits per heavy atom. The van der Waals surface area contributed by atoms with Gasteiger partial charge in [0, 0.05) is 29.8 Å². The van der Waals surface area contributed by atoms with Gasteiger partial charge in [0.15, 0.2) is 0 Å². The second-order valence-corrected chi connectivity index (χ2v) is 4.32. The number of hydrogen-bond donors (Lipinski definition) is 1. The first-order chi connectivity index (χ1) is 8.65. The van der Waals surface area contributed by atoms with E-state index in [1.807, 2.05) is 26.0 Å². The third kappa shape index (κ3) is 2.41. The minimum atomic E-state index is 0.597. The monoisotopic (exact) mass is 261 g/mol. The van der Waals surface area contributed by atoms with E-state index in [4.69, 9.17) is 17.0 Å². The van der Waals surface area contributed by atoms with Crippen LogP contribution >= 0.6 is 12.2 Å². The number of methoxy groups -OCH3 is 1. The van der Waals surface area contributed by atoms with E-state index in [9.17, 15) is 0 Å². The lowest BCUT2D eigenvalue weighted by Crippen LogP contribution is -1.99. The summed E-state index contributed by atoms with van der Waals surface area (Å²) in [5.41, 5.74) is 2.92. The summed E-state index contributed by atoms with van der Waals surface area (Å²) in [5.74, 6) is 1.48. The van der Waals surface area contributed by atoms with Crippen molar-refractivity contribution in [3.05, 3.63) is 34.4 Å². The predicted octanol–water partition coefficient (Wildman–Crippen LogP) is 3.08. The fourth-order valence-electron chi connectivity index (χ4n) is 1.68. The molecule has 5 heteroatoms. The Morgan fingerprint density at radius 2 is 2.17 bits per heavy atom. The minimum Gasteiger partial charge on any atom is -0.481 e. The highest BCUT2D eigenvalue weighted by molar-refractivity contribution is 7.71. The lowest BCUT2D eigenvalue weighted by molar-refractivity contribution is 0.398. The Balaban J connectivity index is 2.55. The molecule has 0 radical (unpaired) electrons. The molecular weight excluding hydrogens is 246 g/mol. The van der Waals surface area contributed by atoms with Gasteiger partial charge in [-0.15, -0.1) is 0 Å². The molecule has 0 spiro atoms. The molecule has 18 heavy (non-hydrogen) atoms. The molecule has 0 atom stereocenters. The van der Waals surface area contributed by atoms with Crippen molar-refractivity contribution in [2.75, 3.05) is 7.11 Å². The normalized spacial score (nSPS) is 10.4. The van der Waals surface area contributed by atoms with Gasteiger partial charge in [0.2, 0.25) is 5.88 Å². The molecule has 1 N–H and O–H groups in total. The molecule has 0 aliphatic carbocycles. The van der Waals surface area contributed by atoms with E-state index in [0.29, 0.717) is 10.5 Å². The second kappa shape index (κ2) is 5.27. The zero-order chi connectivity index (χ0) is 13.1. The van der Waals surface area contributed by atoms with Crippen LogP contribution in [0.2, 0.25) is 0 Å². The molecule has 0 unspecified atom stereocenters. The number of ether oxygens (including phenoxy) is 1. The molecule has 2 heterocycles. The SMILES string of the molecule is CCc1nc(=S)c(C)c(-c2ccc(OC)nc2)[nH]1. The predicted molar refractivity (Wildman–Crippen MR) is 73.3 cm³/mol. The minimum absolute atomic E-state index is 0.597. The maximum Gasteiger partial charge on any atom is 0.212 e. The highest BCUT2D eigenvalue weighted by atomic mass is 32.1. The van der Waals surface area contributed by atoms with Crippen LogP contribution in [0.15, 0.2) is 18.3 Å². The number of nitrogens with one attached hydrogen (secondary N) is 1. The van der Waals surface area contributed by atoms with Gasteiger partial charge < -0.3 is 9.72 Å². The average Bonchev–Trinajstić information content (AvgIpc) is 2.42. The van der Waals surface area contributed by atoms with Crippen molar-refractivity contribution >= 4 is 12.2 Å². The Hall–Kier alpha value is -1.75. The maximum atomic E-state index is 5.27. The number of hydrogen-bond acceptors (Lipinski definition) is 4. The zero-order valence-corrected chi connectivity index (χ0v) is 11.5. The van der Waals surface area contributed by atoms with Crippen molar-refractivity contribution in [1.82, 2.24) is 15.0 Å². The highest BCUT2D eigenvalue weighted by Crippen LogP contribution is 2.22.